The number of ether oxygens (including phenoxy) is 2. The lowest BCUT2D eigenvalue weighted by Gasteiger charge is -2.07. The van der Waals surface area contributed by atoms with Gasteiger partial charge in [0.15, 0.2) is 17.8 Å². The number of fused-ring (bicyclic) bond motifs is 1. The lowest BCUT2D eigenvalue weighted by atomic mass is 10.1. The van der Waals surface area contributed by atoms with Crippen LogP contribution in [0.3, 0.4) is 0 Å². The van der Waals surface area contributed by atoms with E-state index in [1.807, 2.05) is 0 Å². The molecule has 1 aliphatic rings. The topological polar surface area (TPSA) is 69.7 Å². The summed E-state index contributed by atoms with van der Waals surface area (Å²) in [4.78, 5) is 10.9. The van der Waals surface area contributed by atoms with Crippen molar-refractivity contribution in [3.8, 4) is 11.5 Å². The molecular weight excluding hydrogens is 336 g/mol. The first-order chi connectivity index (χ1) is 7.92. The van der Waals surface area contributed by atoms with Gasteiger partial charge in [-0.15, -0.1) is 0 Å². The van der Waals surface area contributed by atoms with Gasteiger partial charge in [0.25, 0.3) is 0 Å². The largest absolute Gasteiger partial charge is 0.453 e. The van der Waals surface area contributed by atoms with Crippen LogP contribution in [-0.2, 0) is 14.8 Å². The van der Waals surface area contributed by atoms with Crippen LogP contribution in [-0.4, -0.2) is 21.5 Å². The second-order valence-corrected chi connectivity index (χ2v) is 6.93. The first kappa shape index (κ1) is 12.7. The van der Waals surface area contributed by atoms with Crippen molar-refractivity contribution in [3.05, 3.63) is 21.7 Å². The Hall–Kier alpha value is -0.790. The van der Waals surface area contributed by atoms with Gasteiger partial charge in [-0.05, 0) is 22.0 Å². The highest BCUT2D eigenvalue weighted by molar-refractivity contribution is 9.10. The number of halogens is 2. The number of hydrogen-bond acceptors (Lipinski definition) is 5. The van der Waals surface area contributed by atoms with Gasteiger partial charge in [-0.3, -0.25) is 4.79 Å². The maximum Gasteiger partial charge on any atom is 0.236 e. The molecule has 1 aliphatic heterocycles. The van der Waals surface area contributed by atoms with Crippen molar-refractivity contribution in [1.82, 2.24) is 0 Å². The molecule has 0 unspecified atom stereocenters. The van der Waals surface area contributed by atoms with E-state index in [0.717, 1.165) is 0 Å². The predicted octanol–water partition coefficient (Wildman–Crippen LogP) is 2.06. The van der Waals surface area contributed by atoms with E-state index in [1.165, 1.54) is 6.07 Å². The van der Waals surface area contributed by atoms with Crippen molar-refractivity contribution < 1.29 is 22.7 Å². The molecule has 0 N–H and O–H groups in total. The van der Waals surface area contributed by atoms with Crippen LogP contribution in [0.2, 0.25) is 0 Å². The van der Waals surface area contributed by atoms with Gasteiger partial charge in [-0.1, -0.05) is 0 Å². The first-order valence-electron chi connectivity index (χ1n) is 4.41. The molecule has 0 radical (unpaired) electrons. The molecular formula is C9H6BrClO5S. The Kier molecular flexibility index (Phi) is 3.33. The molecule has 0 aromatic heterocycles. The zero-order chi connectivity index (χ0) is 12.6. The molecule has 2 rings (SSSR count). The SMILES string of the molecule is O=Cc1c(Br)cc(CS(=O)(=O)Cl)c2c1OCO2. The maximum absolute atomic E-state index is 11.1. The Bertz CT molecular complexity index is 584. The van der Waals surface area contributed by atoms with Crippen molar-refractivity contribution in [2.24, 2.45) is 0 Å². The molecule has 5 nitrogen and oxygen atoms in total. The third-order valence-corrected chi connectivity index (χ3v) is 3.79. The van der Waals surface area contributed by atoms with E-state index < -0.39 is 14.8 Å². The van der Waals surface area contributed by atoms with E-state index in [-0.39, 0.29) is 23.9 Å². The molecule has 92 valence electrons. The number of benzene rings is 1. The molecule has 0 spiro atoms. The molecule has 1 aromatic carbocycles. The van der Waals surface area contributed by atoms with Gasteiger partial charge in [0.05, 0.1) is 11.3 Å². The fourth-order valence-corrected chi connectivity index (χ4v) is 3.01. The van der Waals surface area contributed by atoms with Gasteiger partial charge in [0, 0.05) is 20.7 Å². The van der Waals surface area contributed by atoms with Crippen LogP contribution in [0.1, 0.15) is 15.9 Å². The number of carbonyl (C=O) groups is 1. The first-order valence-corrected chi connectivity index (χ1v) is 7.68. The third kappa shape index (κ3) is 2.56. The summed E-state index contributed by atoms with van der Waals surface area (Å²) in [6.07, 6.45) is 0.608. The van der Waals surface area contributed by atoms with Crippen LogP contribution in [0.15, 0.2) is 10.5 Å². The summed E-state index contributed by atoms with van der Waals surface area (Å²) in [6.45, 7) is -0.0536. The van der Waals surface area contributed by atoms with Crippen LogP contribution in [0.4, 0.5) is 0 Å². The lowest BCUT2D eigenvalue weighted by Crippen LogP contribution is -1.99. The molecule has 0 saturated heterocycles. The molecule has 1 heterocycles. The lowest BCUT2D eigenvalue weighted by molar-refractivity contribution is 0.111. The van der Waals surface area contributed by atoms with Crippen LogP contribution < -0.4 is 9.47 Å². The molecule has 0 saturated carbocycles. The molecule has 0 atom stereocenters. The molecule has 0 aliphatic carbocycles. The number of hydrogen-bond donors (Lipinski definition) is 0. The monoisotopic (exact) mass is 340 g/mol. The minimum Gasteiger partial charge on any atom is -0.453 e. The fourth-order valence-electron chi connectivity index (χ4n) is 1.52. The number of rotatable bonds is 3. The van der Waals surface area contributed by atoms with E-state index in [4.69, 9.17) is 20.2 Å². The van der Waals surface area contributed by atoms with Gasteiger partial charge >= 0.3 is 0 Å². The van der Waals surface area contributed by atoms with Crippen LogP contribution in [0.5, 0.6) is 11.5 Å². The summed E-state index contributed by atoms with van der Waals surface area (Å²) in [5.41, 5.74) is 0.637. The molecule has 0 amide bonds. The Morgan fingerprint density at radius 2 is 2.06 bits per heavy atom. The predicted molar refractivity (Wildman–Crippen MR) is 64.1 cm³/mol. The van der Waals surface area contributed by atoms with Crippen LogP contribution in [0, 0.1) is 0 Å². The van der Waals surface area contributed by atoms with E-state index in [1.54, 1.807) is 0 Å². The van der Waals surface area contributed by atoms with Crippen molar-refractivity contribution in [3.63, 3.8) is 0 Å². The van der Waals surface area contributed by atoms with Crippen molar-refractivity contribution in [1.29, 1.82) is 0 Å². The second-order valence-electron chi connectivity index (χ2n) is 3.30. The average Bonchev–Trinajstić information content (AvgIpc) is 2.64. The van der Waals surface area contributed by atoms with Gasteiger partial charge in [-0.2, -0.15) is 0 Å². The highest BCUT2D eigenvalue weighted by atomic mass is 79.9. The normalized spacial score (nSPS) is 13.8. The summed E-state index contributed by atoms with van der Waals surface area (Å²) in [7, 11) is 1.48. The standard InChI is InChI=1S/C9H6BrClO5S/c10-7-1-5(3-17(11,13)14)8-9(6(7)2-12)16-4-15-8/h1-2H,3-4H2. The van der Waals surface area contributed by atoms with Gasteiger partial charge in [-0.25, -0.2) is 8.42 Å². The van der Waals surface area contributed by atoms with E-state index in [2.05, 4.69) is 15.9 Å². The highest BCUT2D eigenvalue weighted by Gasteiger charge is 2.26. The Labute approximate surface area is 110 Å². The molecule has 0 bridgehead atoms. The molecule has 8 heteroatoms. The van der Waals surface area contributed by atoms with Crippen molar-refractivity contribution in [2.45, 2.75) is 5.75 Å². The zero-order valence-electron chi connectivity index (χ0n) is 8.27. The minimum atomic E-state index is -3.71. The Balaban J connectivity index is 2.60. The van der Waals surface area contributed by atoms with E-state index in [9.17, 15) is 13.2 Å². The molecule has 1 aromatic rings. The molecule has 17 heavy (non-hydrogen) atoms. The van der Waals surface area contributed by atoms with Crippen molar-refractivity contribution >= 4 is 41.9 Å². The minimum absolute atomic E-state index is 0.0536. The van der Waals surface area contributed by atoms with Gasteiger partial charge in [0.1, 0.15) is 0 Å². The van der Waals surface area contributed by atoms with Crippen LogP contribution >= 0.6 is 26.6 Å². The van der Waals surface area contributed by atoms with E-state index >= 15 is 0 Å². The average molecular weight is 342 g/mol. The van der Waals surface area contributed by atoms with Gasteiger partial charge in [0.2, 0.25) is 15.8 Å². The molecule has 0 fully saturated rings. The zero-order valence-corrected chi connectivity index (χ0v) is 11.4. The van der Waals surface area contributed by atoms with Crippen LogP contribution in [0.25, 0.3) is 0 Å². The van der Waals surface area contributed by atoms with Crippen molar-refractivity contribution in [2.75, 3.05) is 6.79 Å². The maximum atomic E-state index is 11.1. The fraction of sp³-hybridized carbons (Fsp3) is 0.222. The summed E-state index contributed by atoms with van der Waals surface area (Å²) in [6, 6.07) is 1.48. The second kappa shape index (κ2) is 4.47. The summed E-state index contributed by atoms with van der Waals surface area (Å²) < 4.78 is 32.8. The van der Waals surface area contributed by atoms with Gasteiger partial charge < -0.3 is 9.47 Å². The third-order valence-electron chi connectivity index (χ3n) is 2.15. The number of aldehydes is 1. The summed E-state index contributed by atoms with van der Waals surface area (Å²) >= 11 is 3.16. The summed E-state index contributed by atoms with van der Waals surface area (Å²) in [5, 5.41) is 0. The quantitative estimate of drug-likeness (QED) is 0.622. The van der Waals surface area contributed by atoms with E-state index in [0.29, 0.717) is 16.3 Å². The highest BCUT2D eigenvalue weighted by Crippen LogP contribution is 2.42. The number of carbonyl (C=O) groups excluding carboxylic acids is 1. The smallest absolute Gasteiger partial charge is 0.236 e. The summed E-state index contributed by atoms with van der Waals surface area (Å²) in [5.74, 6) is 0.0991. The Morgan fingerprint density at radius 3 is 2.65 bits per heavy atom. The Morgan fingerprint density at radius 1 is 1.41 bits per heavy atom.